The molecular formula is C6H13N3O2. The van der Waals surface area contributed by atoms with E-state index in [0.717, 1.165) is 6.42 Å². The molecule has 4 N–H and O–H groups in total. The molecule has 0 aromatic heterocycles. The summed E-state index contributed by atoms with van der Waals surface area (Å²) in [6.45, 7) is 3.86. The van der Waals surface area contributed by atoms with E-state index in [2.05, 4.69) is 10.3 Å². The van der Waals surface area contributed by atoms with Crippen molar-refractivity contribution in [2.45, 2.75) is 26.3 Å². The molecule has 0 fully saturated rings. The Labute approximate surface area is 65.3 Å². The highest BCUT2D eigenvalue weighted by Crippen LogP contribution is 1.85. The van der Waals surface area contributed by atoms with Gasteiger partial charge in [0.25, 0.3) is 0 Å². The standard InChI is InChI=1S/C6H13N3O2/c1-3-4(2)8-5(7)9-6(10)11/h4H,3H2,1-2H3,(H,10,11)(H3,7,8,9). The monoisotopic (exact) mass is 159 g/mol. The third-order valence-electron chi connectivity index (χ3n) is 1.22. The van der Waals surface area contributed by atoms with Gasteiger partial charge in [0.2, 0.25) is 0 Å². The second-order valence-corrected chi connectivity index (χ2v) is 2.23. The molecule has 0 saturated carbocycles. The van der Waals surface area contributed by atoms with Crippen LogP contribution >= 0.6 is 0 Å². The minimum atomic E-state index is -1.28. The number of hydrogen-bond donors (Lipinski definition) is 3. The van der Waals surface area contributed by atoms with Gasteiger partial charge in [-0.15, -0.1) is 4.99 Å². The van der Waals surface area contributed by atoms with E-state index in [0.29, 0.717) is 0 Å². The first-order valence-electron chi connectivity index (χ1n) is 3.40. The van der Waals surface area contributed by atoms with E-state index in [9.17, 15) is 4.79 Å². The summed E-state index contributed by atoms with van der Waals surface area (Å²) in [5.74, 6) is -0.0492. The molecule has 64 valence electrons. The first kappa shape index (κ1) is 9.74. The third kappa shape index (κ3) is 5.20. The van der Waals surface area contributed by atoms with Gasteiger partial charge < -0.3 is 16.2 Å². The van der Waals surface area contributed by atoms with Crippen LogP contribution in [0.2, 0.25) is 0 Å². The van der Waals surface area contributed by atoms with Gasteiger partial charge in [-0.05, 0) is 13.3 Å². The molecule has 5 nitrogen and oxygen atoms in total. The number of carboxylic acid groups (broad SMARTS) is 1. The number of carbonyl (C=O) groups is 1. The molecule has 1 unspecified atom stereocenters. The van der Waals surface area contributed by atoms with Gasteiger partial charge in [-0.2, -0.15) is 0 Å². The molecule has 0 aliphatic rings. The molecule has 0 aliphatic carbocycles. The van der Waals surface area contributed by atoms with Crippen molar-refractivity contribution in [3.05, 3.63) is 0 Å². The predicted octanol–water partition coefficient (Wildman–Crippen LogP) is 0.367. The van der Waals surface area contributed by atoms with E-state index in [-0.39, 0.29) is 12.0 Å². The minimum Gasteiger partial charge on any atom is -0.463 e. The zero-order chi connectivity index (χ0) is 8.85. The normalized spacial score (nSPS) is 14.2. The fraction of sp³-hybridized carbons (Fsp3) is 0.667. The number of hydrogen-bond acceptors (Lipinski definition) is 1. The average molecular weight is 159 g/mol. The Balaban J connectivity index is 3.85. The summed E-state index contributed by atoms with van der Waals surface area (Å²) >= 11 is 0. The number of rotatable bonds is 2. The van der Waals surface area contributed by atoms with Crippen molar-refractivity contribution >= 4 is 12.1 Å². The zero-order valence-corrected chi connectivity index (χ0v) is 6.66. The summed E-state index contributed by atoms with van der Waals surface area (Å²) in [5, 5.41) is 10.9. The van der Waals surface area contributed by atoms with Crippen molar-refractivity contribution in [1.29, 1.82) is 0 Å². The van der Waals surface area contributed by atoms with Crippen molar-refractivity contribution in [2.24, 2.45) is 10.7 Å². The van der Waals surface area contributed by atoms with E-state index in [1.807, 2.05) is 13.8 Å². The Kier molecular flexibility index (Phi) is 4.02. The molecule has 0 saturated heterocycles. The van der Waals surface area contributed by atoms with Crippen LogP contribution in [0.1, 0.15) is 20.3 Å². The van der Waals surface area contributed by atoms with E-state index < -0.39 is 6.09 Å². The molecule has 0 radical (unpaired) electrons. The van der Waals surface area contributed by atoms with Crippen LogP contribution in [0, 0.1) is 0 Å². The van der Waals surface area contributed by atoms with E-state index in [1.165, 1.54) is 0 Å². The average Bonchev–Trinajstić information content (AvgIpc) is 1.85. The Morgan fingerprint density at radius 1 is 1.82 bits per heavy atom. The number of nitrogens with zero attached hydrogens (tertiary/aromatic N) is 1. The molecule has 1 atom stereocenters. The van der Waals surface area contributed by atoms with Crippen LogP contribution in [-0.2, 0) is 0 Å². The van der Waals surface area contributed by atoms with Gasteiger partial charge >= 0.3 is 6.09 Å². The lowest BCUT2D eigenvalue weighted by atomic mass is 10.3. The number of nitrogens with one attached hydrogen (secondary N) is 1. The first-order valence-corrected chi connectivity index (χ1v) is 3.40. The third-order valence-corrected chi connectivity index (χ3v) is 1.22. The van der Waals surface area contributed by atoms with Gasteiger partial charge in [0.15, 0.2) is 5.96 Å². The summed E-state index contributed by atoms with van der Waals surface area (Å²) in [5.41, 5.74) is 5.21. The molecule has 0 heterocycles. The Morgan fingerprint density at radius 3 is 2.73 bits per heavy atom. The highest BCUT2D eigenvalue weighted by Gasteiger charge is 2.00. The molecule has 0 aromatic carbocycles. The molecule has 11 heavy (non-hydrogen) atoms. The van der Waals surface area contributed by atoms with Gasteiger partial charge in [0.05, 0.1) is 0 Å². The summed E-state index contributed by atoms with van der Waals surface area (Å²) in [7, 11) is 0. The van der Waals surface area contributed by atoms with Crippen molar-refractivity contribution in [3.8, 4) is 0 Å². The van der Waals surface area contributed by atoms with E-state index in [4.69, 9.17) is 10.8 Å². The lowest BCUT2D eigenvalue weighted by Crippen LogP contribution is -2.38. The Hall–Kier alpha value is -1.26. The quantitative estimate of drug-likeness (QED) is 0.401. The van der Waals surface area contributed by atoms with Crippen LogP contribution in [0.3, 0.4) is 0 Å². The topological polar surface area (TPSA) is 87.7 Å². The SMILES string of the molecule is CCC(C)N/C(N)=N/C(=O)O. The predicted molar refractivity (Wildman–Crippen MR) is 42.5 cm³/mol. The molecule has 0 aromatic rings. The van der Waals surface area contributed by atoms with Crippen molar-refractivity contribution in [3.63, 3.8) is 0 Å². The summed E-state index contributed by atoms with van der Waals surface area (Å²) in [6, 6.07) is 0.151. The molecule has 5 heteroatoms. The molecule has 0 rings (SSSR count). The van der Waals surface area contributed by atoms with Gasteiger partial charge in [-0.3, -0.25) is 0 Å². The lowest BCUT2D eigenvalue weighted by Gasteiger charge is -2.10. The fourth-order valence-electron chi connectivity index (χ4n) is 0.490. The largest absolute Gasteiger partial charge is 0.463 e. The van der Waals surface area contributed by atoms with Crippen LogP contribution in [-0.4, -0.2) is 23.2 Å². The van der Waals surface area contributed by atoms with Gasteiger partial charge in [-0.1, -0.05) is 6.92 Å². The maximum atomic E-state index is 9.97. The fourth-order valence-corrected chi connectivity index (χ4v) is 0.490. The van der Waals surface area contributed by atoms with Crippen LogP contribution < -0.4 is 11.1 Å². The van der Waals surface area contributed by atoms with E-state index in [1.54, 1.807) is 0 Å². The van der Waals surface area contributed by atoms with Crippen LogP contribution in [0.25, 0.3) is 0 Å². The van der Waals surface area contributed by atoms with Gasteiger partial charge in [0, 0.05) is 6.04 Å². The summed E-state index contributed by atoms with van der Waals surface area (Å²) < 4.78 is 0. The number of guanidine groups is 1. The highest BCUT2D eigenvalue weighted by atomic mass is 16.4. The first-order chi connectivity index (χ1) is 5.06. The zero-order valence-electron chi connectivity index (χ0n) is 6.66. The Morgan fingerprint density at radius 2 is 2.36 bits per heavy atom. The smallest absolute Gasteiger partial charge is 0.434 e. The van der Waals surface area contributed by atoms with Crippen molar-refractivity contribution in [1.82, 2.24) is 5.32 Å². The summed E-state index contributed by atoms with van der Waals surface area (Å²) in [4.78, 5) is 13.0. The van der Waals surface area contributed by atoms with Crippen LogP contribution in [0.15, 0.2) is 4.99 Å². The number of amides is 1. The molecule has 0 aliphatic heterocycles. The molecule has 1 amide bonds. The maximum Gasteiger partial charge on any atom is 0.434 e. The Bertz CT molecular complexity index is 167. The molecule has 0 bridgehead atoms. The second kappa shape index (κ2) is 4.54. The van der Waals surface area contributed by atoms with Gasteiger partial charge in [0.1, 0.15) is 0 Å². The maximum absolute atomic E-state index is 9.97. The molecular weight excluding hydrogens is 146 g/mol. The highest BCUT2D eigenvalue weighted by molar-refractivity contribution is 5.88. The number of aliphatic imine (C=N–C) groups is 1. The van der Waals surface area contributed by atoms with Crippen LogP contribution in [0.5, 0.6) is 0 Å². The number of nitrogens with two attached hydrogens (primary N) is 1. The van der Waals surface area contributed by atoms with E-state index >= 15 is 0 Å². The minimum absolute atomic E-state index is 0.0492. The second-order valence-electron chi connectivity index (χ2n) is 2.23. The van der Waals surface area contributed by atoms with Gasteiger partial charge in [-0.25, -0.2) is 4.79 Å². The molecule has 0 spiro atoms. The van der Waals surface area contributed by atoms with Crippen molar-refractivity contribution in [2.75, 3.05) is 0 Å². The van der Waals surface area contributed by atoms with Crippen molar-refractivity contribution < 1.29 is 9.90 Å². The lowest BCUT2D eigenvalue weighted by molar-refractivity contribution is 0.205. The van der Waals surface area contributed by atoms with Crippen LogP contribution in [0.4, 0.5) is 4.79 Å². The summed E-state index contributed by atoms with van der Waals surface area (Å²) in [6.07, 6.45) is -0.408.